The van der Waals surface area contributed by atoms with E-state index in [-0.39, 0.29) is 18.1 Å². The number of benzene rings is 2. The van der Waals surface area contributed by atoms with E-state index < -0.39 is 5.97 Å². The molecule has 3 aromatic rings. The molecule has 0 fully saturated rings. The second kappa shape index (κ2) is 6.56. The average Bonchev–Trinajstić information content (AvgIpc) is 3.35. The van der Waals surface area contributed by atoms with Gasteiger partial charge in [0.05, 0.1) is 14.2 Å². The van der Waals surface area contributed by atoms with E-state index in [1.54, 1.807) is 24.3 Å². The summed E-state index contributed by atoms with van der Waals surface area (Å²) in [5.41, 5.74) is 2.51. The molecule has 0 saturated carbocycles. The molecule has 1 aliphatic heterocycles. The standard InChI is InChI=1S/C19H15NO7/c1-23-14-4-3-10(5-12(14)19(21)22)13-8-27-20-17(13)11-6-15(24-2)18-16(7-11)25-9-26-18/h3-8H,9H2,1-2H3,(H,21,22). The normalized spacial score (nSPS) is 12.1. The molecule has 1 aliphatic rings. The van der Waals surface area contributed by atoms with Crippen molar-refractivity contribution in [2.24, 2.45) is 0 Å². The summed E-state index contributed by atoms with van der Waals surface area (Å²) in [5, 5.41) is 13.5. The number of ether oxygens (including phenoxy) is 4. The molecule has 0 saturated heterocycles. The summed E-state index contributed by atoms with van der Waals surface area (Å²) in [4.78, 5) is 11.5. The Morgan fingerprint density at radius 2 is 1.89 bits per heavy atom. The van der Waals surface area contributed by atoms with Crippen LogP contribution in [0.1, 0.15) is 10.4 Å². The zero-order chi connectivity index (χ0) is 19.0. The van der Waals surface area contributed by atoms with Crippen molar-refractivity contribution in [3.8, 4) is 45.4 Å². The lowest BCUT2D eigenvalue weighted by Crippen LogP contribution is -2.00. The molecule has 0 bridgehead atoms. The molecule has 0 radical (unpaired) electrons. The monoisotopic (exact) mass is 369 g/mol. The molecule has 2 heterocycles. The third-order valence-electron chi connectivity index (χ3n) is 4.24. The van der Waals surface area contributed by atoms with Gasteiger partial charge >= 0.3 is 5.97 Å². The average molecular weight is 369 g/mol. The van der Waals surface area contributed by atoms with Gasteiger partial charge in [-0.05, 0) is 29.8 Å². The maximum atomic E-state index is 11.5. The van der Waals surface area contributed by atoms with Gasteiger partial charge in [0.15, 0.2) is 11.5 Å². The molecular weight excluding hydrogens is 354 g/mol. The summed E-state index contributed by atoms with van der Waals surface area (Å²) in [6.45, 7) is 0.112. The van der Waals surface area contributed by atoms with Crippen LogP contribution in [-0.4, -0.2) is 37.2 Å². The Bertz CT molecular complexity index is 1020. The predicted molar refractivity (Wildman–Crippen MR) is 93.6 cm³/mol. The van der Waals surface area contributed by atoms with Crippen LogP contribution in [0.5, 0.6) is 23.0 Å². The molecule has 1 N–H and O–H groups in total. The van der Waals surface area contributed by atoms with Crippen LogP contribution in [0.15, 0.2) is 41.1 Å². The van der Waals surface area contributed by atoms with E-state index in [4.69, 9.17) is 23.5 Å². The number of carbonyl (C=O) groups is 1. The summed E-state index contributed by atoms with van der Waals surface area (Å²) < 4.78 is 26.5. The van der Waals surface area contributed by atoms with Gasteiger partial charge in [-0.1, -0.05) is 11.2 Å². The molecule has 2 aromatic carbocycles. The summed E-state index contributed by atoms with van der Waals surface area (Å²) in [6.07, 6.45) is 1.46. The Morgan fingerprint density at radius 1 is 1.07 bits per heavy atom. The molecule has 4 rings (SSSR count). The fraction of sp³-hybridized carbons (Fsp3) is 0.158. The number of carboxylic acid groups (broad SMARTS) is 1. The first kappa shape index (κ1) is 16.8. The number of hydrogen-bond donors (Lipinski definition) is 1. The Hall–Kier alpha value is -3.68. The van der Waals surface area contributed by atoms with Crippen LogP contribution < -0.4 is 18.9 Å². The smallest absolute Gasteiger partial charge is 0.339 e. The molecule has 0 atom stereocenters. The zero-order valence-corrected chi connectivity index (χ0v) is 14.5. The van der Waals surface area contributed by atoms with Crippen LogP contribution >= 0.6 is 0 Å². The Labute approximate surface area is 153 Å². The molecule has 0 spiro atoms. The van der Waals surface area contributed by atoms with Crippen LogP contribution in [-0.2, 0) is 0 Å². The van der Waals surface area contributed by atoms with Gasteiger partial charge in [-0.2, -0.15) is 0 Å². The van der Waals surface area contributed by atoms with Crippen molar-refractivity contribution in [2.45, 2.75) is 0 Å². The van der Waals surface area contributed by atoms with E-state index in [2.05, 4.69) is 5.16 Å². The molecule has 0 aliphatic carbocycles. The quantitative estimate of drug-likeness (QED) is 0.730. The van der Waals surface area contributed by atoms with Gasteiger partial charge in [0.1, 0.15) is 23.3 Å². The third-order valence-corrected chi connectivity index (χ3v) is 4.24. The van der Waals surface area contributed by atoms with Gasteiger partial charge < -0.3 is 28.6 Å². The van der Waals surface area contributed by atoms with Crippen LogP contribution in [0.4, 0.5) is 0 Å². The second-order valence-electron chi connectivity index (χ2n) is 5.71. The second-order valence-corrected chi connectivity index (χ2v) is 5.71. The van der Waals surface area contributed by atoms with Gasteiger partial charge in [0, 0.05) is 11.1 Å². The highest BCUT2D eigenvalue weighted by Crippen LogP contribution is 2.45. The van der Waals surface area contributed by atoms with Crippen molar-refractivity contribution in [3.05, 3.63) is 42.2 Å². The third kappa shape index (κ3) is 2.80. The lowest BCUT2D eigenvalue weighted by Gasteiger charge is -2.09. The number of nitrogens with zero attached hydrogens (tertiary/aromatic N) is 1. The highest BCUT2D eigenvalue weighted by atomic mass is 16.7. The van der Waals surface area contributed by atoms with E-state index in [9.17, 15) is 9.90 Å². The SMILES string of the molecule is COc1ccc(-c2conc2-c2cc(OC)c3c(c2)OCO3)cc1C(=O)O. The van der Waals surface area contributed by atoms with Crippen molar-refractivity contribution in [1.29, 1.82) is 0 Å². The molecule has 0 amide bonds. The first-order chi connectivity index (χ1) is 13.1. The van der Waals surface area contributed by atoms with Crippen LogP contribution in [0, 0.1) is 0 Å². The number of hydrogen-bond acceptors (Lipinski definition) is 7. The molecule has 138 valence electrons. The number of aromatic nitrogens is 1. The van der Waals surface area contributed by atoms with Crippen LogP contribution in [0.2, 0.25) is 0 Å². The van der Waals surface area contributed by atoms with Gasteiger partial charge in [-0.15, -0.1) is 0 Å². The summed E-state index contributed by atoms with van der Waals surface area (Å²) in [6, 6.07) is 8.38. The maximum Gasteiger partial charge on any atom is 0.339 e. The molecule has 27 heavy (non-hydrogen) atoms. The van der Waals surface area contributed by atoms with E-state index in [0.29, 0.717) is 39.6 Å². The lowest BCUT2D eigenvalue weighted by atomic mass is 9.99. The Balaban J connectivity index is 1.83. The van der Waals surface area contributed by atoms with E-state index in [1.165, 1.54) is 26.5 Å². The first-order valence-corrected chi connectivity index (χ1v) is 7.96. The fourth-order valence-electron chi connectivity index (χ4n) is 2.96. The summed E-state index contributed by atoms with van der Waals surface area (Å²) in [5.74, 6) is 0.767. The van der Waals surface area contributed by atoms with Crippen molar-refractivity contribution < 1.29 is 33.4 Å². The number of aromatic carboxylic acids is 1. The van der Waals surface area contributed by atoms with Crippen molar-refractivity contribution in [1.82, 2.24) is 5.16 Å². The van der Waals surface area contributed by atoms with Gasteiger partial charge in [-0.3, -0.25) is 0 Å². The highest BCUT2D eigenvalue weighted by Gasteiger charge is 2.23. The Kier molecular flexibility index (Phi) is 4.08. The van der Waals surface area contributed by atoms with Crippen LogP contribution in [0.3, 0.4) is 0 Å². The minimum atomic E-state index is -1.09. The van der Waals surface area contributed by atoms with Crippen molar-refractivity contribution in [3.63, 3.8) is 0 Å². The van der Waals surface area contributed by atoms with E-state index >= 15 is 0 Å². The van der Waals surface area contributed by atoms with Gasteiger partial charge in [0.25, 0.3) is 0 Å². The first-order valence-electron chi connectivity index (χ1n) is 7.96. The molecular formula is C19H15NO7. The minimum Gasteiger partial charge on any atom is -0.496 e. The Morgan fingerprint density at radius 3 is 2.63 bits per heavy atom. The van der Waals surface area contributed by atoms with Crippen LogP contribution in [0.25, 0.3) is 22.4 Å². The predicted octanol–water partition coefficient (Wildman–Crippen LogP) is 3.45. The van der Waals surface area contributed by atoms with Crippen molar-refractivity contribution >= 4 is 5.97 Å². The zero-order valence-electron chi connectivity index (χ0n) is 14.5. The molecule has 8 heteroatoms. The lowest BCUT2D eigenvalue weighted by molar-refractivity contribution is 0.0693. The molecule has 1 aromatic heterocycles. The van der Waals surface area contributed by atoms with Crippen molar-refractivity contribution in [2.75, 3.05) is 21.0 Å². The maximum absolute atomic E-state index is 11.5. The summed E-state index contributed by atoms with van der Waals surface area (Å²) >= 11 is 0. The minimum absolute atomic E-state index is 0.0467. The fourth-order valence-corrected chi connectivity index (χ4v) is 2.96. The number of carboxylic acids is 1. The number of fused-ring (bicyclic) bond motifs is 1. The molecule has 0 unspecified atom stereocenters. The topological polar surface area (TPSA) is 100 Å². The number of methoxy groups -OCH3 is 2. The van der Waals surface area contributed by atoms with E-state index in [1.807, 2.05) is 0 Å². The highest BCUT2D eigenvalue weighted by molar-refractivity contribution is 5.93. The largest absolute Gasteiger partial charge is 0.496 e. The van der Waals surface area contributed by atoms with Gasteiger partial charge in [0.2, 0.25) is 12.5 Å². The number of rotatable bonds is 5. The molecule has 8 nitrogen and oxygen atoms in total. The van der Waals surface area contributed by atoms with Gasteiger partial charge in [-0.25, -0.2) is 4.79 Å². The summed E-state index contributed by atoms with van der Waals surface area (Å²) in [7, 11) is 2.96. The van der Waals surface area contributed by atoms with E-state index in [0.717, 1.165) is 0 Å².